The van der Waals surface area contributed by atoms with E-state index in [2.05, 4.69) is 4.74 Å². The average molecular weight is 215 g/mol. The Morgan fingerprint density at radius 1 is 1.33 bits per heavy atom. The normalized spacial score (nSPS) is 10.8. The monoisotopic (exact) mass is 215 g/mol. The Morgan fingerprint density at radius 2 is 1.87 bits per heavy atom. The van der Waals surface area contributed by atoms with Gasteiger partial charge in [-0.25, -0.2) is 9.59 Å². The van der Waals surface area contributed by atoms with E-state index in [0.29, 0.717) is 0 Å². The van der Waals surface area contributed by atoms with Crippen LogP contribution in [0.3, 0.4) is 0 Å². The summed E-state index contributed by atoms with van der Waals surface area (Å²) in [6, 6.07) is -0.312. The van der Waals surface area contributed by atoms with E-state index < -0.39 is 5.97 Å². The lowest BCUT2D eigenvalue weighted by atomic mass is 10.5. The van der Waals surface area contributed by atoms with Crippen molar-refractivity contribution < 1.29 is 14.3 Å². The molecule has 0 aliphatic rings. The summed E-state index contributed by atoms with van der Waals surface area (Å²) in [7, 11) is 4.67. The van der Waals surface area contributed by atoms with Crippen molar-refractivity contribution in [1.29, 1.82) is 0 Å². The van der Waals surface area contributed by atoms with Crippen LogP contribution in [-0.2, 0) is 9.53 Å². The van der Waals surface area contributed by atoms with Gasteiger partial charge in [-0.05, 0) is 6.92 Å². The van der Waals surface area contributed by atoms with Gasteiger partial charge in [0.1, 0.15) is 5.82 Å². The van der Waals surface area contributed by atoms with Crippen LogP contribution in [0.15, 0.2) is 11.9 Å². The van der Waals surface area contributed by atoms with E-state index in [1.54, 1.807) is 21.0 Å². The van der Waals surface area contributed by atoms with Gasteiger partial charge in [0.15, 0.2) is 0 Å². The summed E-state index contributed by atoms with van der Waals surface area (Å²) in [5.74, 6) is -0.513. The Morgan fingerprint density at radius 3 is 2.27 bits per heavy atom. The second kappa shape index (κ2) is 5.90. The molecule has 0 radical (unpaired) electrons. The minimum atomic E-state index is -0.562. The van der Waals surface area contributed by atoms with E-state index in [-0.39, 0.29) is 18.5 Å². The number of carbonyl (C=O) groups excluding carboxylic acids is 2. The summed E-state index contributed by atoms with van der Waals surface area (Å²) >= 11 is 0. The minimum Gasteiger partial charge on any atom is -0.463 e. The number of amides is 2. The summed E-state index contributed by atoms with van der Waals surface area (Å²) in [4.78, 5) is 24.9. The molecule has 0 bridgehead atoms. The molecule has 0 saturated heterocycles. The Labute approximate surface area is 89.3 Å². The zero-order chi connectivity index (χ0) is 12.0. The van der Waals surface area contributed by atoms with Gasteiger partial charge < -0.3 is 15.4 Å². The van der Waals surface area contributed by atoms with Gasteiger partial charge in [-0.15, -0.1) is 0 Å². The molecule has 0 atom stereocenters. The molecule has 6 nitrogen and oxygen atoms in total. The number of hydrogen-bond donors (Lipinski definition) is 1. The summed E-state index contributed by atoms with van der Waals surface area (Å²) in [5, 5.41) is 0. The molecule has 0 aliphatic carbocycles. The van der Waals surface area contributed by atoms with E-state index in [1.165, 1.54) is 11.9 Å². The Balaban J connectivity index is 4.49. The molecule has 0 aromatic heterocycles. The minimum absolute atomic E-state index is 0.0483. The third-order valence-electron chi connectivity index (χ3n) is 1.61. The van der Waals surface area contributed by atoms with Crippen molar-refractivity contribution in [3.8, 4) is 0 Å². The predicted octanol–water partition coefficient (Wildman–Crippen LogP) is -0.0370. The highest BCUT2D eigenvalue weighted by molar-refractivity contribution is 5.84. The second-order valence-corrected chi connectivity index (χ2v) is 3.06. The molecule has 0 fully saturated rings. The maximum Gasteiger partial charge on any atom is 0.334 e. The summed E-state index contributed by atoms with van der Waals surface area (Å²) in [5.41, 5.74) is 5.53. The van der Waals surface area contributed by atoms with Crippen LogP contribution in [0, 0.1) is 0 Å². The van der Waals surface area contributed by atoms with Gasteiger partial charge in [0.25, 0.3) is 0 Å². The van der Waals surface area contributed by atoms with Crippen LogP contribution >= 0.6 is 0 Å². The molecule has 0 heterocycles. The molecular formula is C9H17N3O3. The van der Waals surface area contributed by atoms with Crippen LogP contribution in [0.2, 0.25) is 0 Å². The van der Waals surface area contributed by atoms with E-state index in [1.807, 2.05) is 0 Å². The number of esters is 1. The lowest BCUT2D eigenvalue weighted by Crippen LogP contribution is -2.38. The SMILES string of the molecule is CCOC(=O)C=C(N)N(C)C(=O)N(C)C. The Bertz CT molecular complexity index is 274. The molecule has 2 N–H and O–H groups in total. The fraction of sp³-hybridized carbons (Fsp3) is 0.556. The van der Waals surface area contributed by atoms with Crippen molar-refractivity contribution in [2.45, 2.75) is 6.92 Å². The summed E-state index contributed by atoms with van der Waals surface area (Å²) < 4.78 is 4.66. The molecule has 0 spiro atoms. The number of nitrogens with two attached hydrogens (primary N) is 1. The summed E-state index contributed by atoms with van der Waals surface area (Å²) in [6.45, 7) is 1.96. The van der Waals surface area contributed by atoms with Gasteiger partial charge in [0.2, 0.25) is 0 Å². The van der Waals surface area contributed by atoms with Crippen molar-refractivity contribution in [2.24, 2.45) is 5.73 Å². The van der Waals surface area contributed by atoms with E-state index in [9.17, 15) is 9.59 Å². The molecule has 0 aromatic carbocycles. The molecule has 0 aliphatic heterocycles. The molecule has 0 rings (SSSR count). The van der Waals surface area contributed by atoms with Crippen LogP contribution in [-0.4, -0.2) is 49.6 Å². The van der Waals surface area contributed by atoms with Gasteiger partial charge in [-0.1, -0.05) is 0 Å². The first-order valence-corrected chi connectivity index (χ1v) is 4.49. The number of nitrogens with zero attached hydrogens (tertiary/aromatic N) is 2. The van der Waals surface area contributed by atoms with E-state index in [4.69, 9.17) is 5.73 Å². The van der Waals surface area contributed by atoms with Crippen molar-refractivity contribution in [1.82, 2.24) is 9.80 Å². The third kappa shape index (κ3) is 4.35. The molecular weight excluding hydrogens is 198 g/mol. The quantitative estimate of drug-likeness (QED) is 0.529. The number of rotatable bonds is 3. The molecule has 15 heavy (non-hydrogen) atoms. The highest BCUT2D eigenvalue weighted by atomic mass is 16.5. The average Bonchev–Trinajstić information content (AvgIpc) is 2.15. The lowest BCUT2D eigenvalue weighted by molar-refractivity contribution is -0.137. The largest absolute Gasteiger partial charge is 0.463 e. The van der Waals surface area contributed by atoms with Gasteiger partial charge in [0, 0.05) is 21.1 Å². The zero-order valence-electron chi connectivity index (χ0n) is 9.48. The van der Waals surface area contributed by atoms with Crippen molar-refractivity contribution in [2.75, 3.05) is 27.7 Å². The van der Waals surface area contributed by atoms with Crippen LogP contribution in [0.25, 0.3) is 0 Å². The van der Waals surface area contributed by atoms with Gasteiger partial charge >= 0.3 is 12.0 Å². The van der Waals surface area contributed by atoms with Crippen molar-refractivity contribution in [3.05, 3.63) is 11.9 Å². The van der Waals surface area contributed by atoms with Crippen LogP contribution in [0.4, 0.5) is 4.79 Å². The first kappa shape index (κ1) is 13.3. The first-order valence-electron chi connectivity index (χ1n) is 4.49. The summed E-state index contributed by atoms with van der Waals surface area (Å²) in [6.07, 6.45) is 1.07. The Kier molecular flexibility index (Phi) is 5.22. The molecule has 6 heteroatoms. The van der Waals surface area contributed by atoms with Crippen LogP contribution in [0.1, 0.15) is 6.92 Å². The standard InChI is InChI=1S/C9H17N3O3/c1-5-15-8(13)6-7(10)12(4)9(14)11(2)3/h6H,5,10H2,1-4H3. The topological polar surface area (TPSA) is 75.9 Å². The fourth-order valence-electron chi connectivity index (χ4n) is 0.812. The molecule has 0 unspecified atom stereocenters. The predicted molar refractivity (Wildman–Crippen MR) is 55.7 cm³/mol. The Hall–Kier alpha value is -1.72. The number of carbonyl (C=O) groups is 2. The maximum atomic E-state index is 11.4. The fourth-order valence-corrected chi connectivity index (χ4v) is 0.812. The number of urea groups is 1. The zero-order valence-corrected chi connectivity index (χ0v) is 9.48. The number of hydrogen-bond acceptors (Lipinski definition) is 4. The maximum absolute atomic E-state index is 11.4. The van der Waals surface area contributed by atoms with E-state index in [0.717, 1.165) is 11.0 Å². The number of ether oxygens (including phenoxy) is 1. The van der Waals surface area contributed by atoms with Gasteiger partial charge in [-0.2, -0.15) is 0 Å². The first-order chi connectivity index (χ1) is 6.90. The van der Waals surface area contributed by atoms with Crippen molar-refractivity contribution >= 4 is 12.0 Å². The van der Waals surface area contributed by atoms with Gasteiger partial charge in [-0.3, -0.25) is 4.90 Å². The van der Waals surface area contributed by atoms with Crippen molar-refractivity contribution in [3.63, 3.8) is 0 Å². The molecule has 0 saturated carbocycles. The second-order valence-electron chi connectivity index (χ2n) is 3.06. The lowest BCUT2D eigenvalue weighted by Gasteiger charge is -2.21. The highest BCUT2D eigenvalue weighted by Gasteiger charge is 2.13. The third-order valence-corrected chi connectivity index (χ3v) is 1.61. The van der Waals surface area contributed by atoms with Crippen LogP contribution < -0.4 is 5.73 Å². The molecule has 2 amide bonds. The molecule has 0 aromatic rings. The highest BCUT2D eigenvalue weighted by Crippen LogP contribution is 1.98. The van der Waals surface area contributed by atoms with Gasteiger partial charge in [0.05, 0.1) is 12.7 Å². The van der Waals surface area contributed by atoms with E-state index >= 15 is 0 Å². The molecule has 86 valence electrons. The van der Waals surface area contributed by atoms with Crippen LogP contribution in [0.5, 0.6) is 0 Å². The smallest absolute Gasteiger partial charge is 0.334 e.